The monoisotopic (exact) mass is 407 g/mol. The van der Waals surface area contributed by atoms with Crippen molar-refractivity contribution < 1.29 is 9.53 Å². The molecule has 1 fully saturated rings. The Hall–Kier alpha value is -3.09. The van der Waals surface area contributed by atoms with Crippen LogP contribution in [0.4, 0.5) is 5.95 Å². The Morgan fingerprint density at radius 3 is 2.57 bits per heavy atom. The molecule has 7 nitrogen and oxygen atoms in total. The number of methoxy groups -OCH3 is 1. The van der Waals surface area contributed by atoms with E-state index >= 15 is 0 Å². The van der Waals surface area contributed by atoms with E-state index in [0.29, 0.717) is 6.54 Å². The first-order chi connectivity index (χ1) is 14.5. The van der Waals surface area contributed by atoms with Crippen molar-refractivity contribution >= 4 is 22.8 Å². The van der Waals surface area contributed by atoms with Crippen molar-refractivity contribution in [1.82, 2.24) is 19.9 Å². The molecule has 1 saturated heterocycles. The van der Waals surface area contributed by atoms with Crippen LogP contribution in [0.2, 0.25) is 0 Å². The summed E-state index contributed by atoms with van der Waals surface area (Å²) in [5.41, 5.74) is 3.11. The average Bonchev–Trinajstić information content (AvgIpc) is 3.15. The summed E-state index contributed by atoms with van der Waals surface area (Å²) in [6.45, 7) is 6.97. The number of piperidine rings is 1. The van der Waals surface area contributed by atoms with Crippen LogP contribution < -0.4 is 15.0 Å². The Bertz CT molecular complexity index is 1020. The number of fused-ring (bicyclic) bond motifs is 1. The number of nitrogens with zero attached hydrogens (tertiary/aromatic N) is 4. The molecule has 158 valence electrons. The van der Waals surface area contributed by atoms with Gasteiger partial charge in [-0.3, -0.25) is 4.79 Å². The van der Waals surface area contributed by atoms with Gasteiger partial charge in [-0.2, -0.15) is 0 Å². The highest BCUT2D eigenvalue weighted by atomic mass is 16.5. The summed E-state index contributed by atoms with van der Waals surface area (Å²) in [5.74, 6) is 1.83. The number of aryl methyl sites for hydroxylation is 2. The number of nitrogens with one attached hydrogen (secondary N) is 1. The van der Waals surface area contributed by atoms with Crippen LogP contribution in [0.3, 0.4) is 0 Å². The zero-order valence-corrected chi connectivity index (χ0v) is 17.9. The SMILES string of the molecule is COc1ccc2c(ccn2CCNC(=O)C2CCN(c3nc(C)cc(C)n3)CC2)c1. The topological polar surface area (TPSA) is 72.3 Å². The lowest BCUT2D eigenvalue weighted by atomic mass is 9.96. The number of hydrogen-bond acceptors (Lipinski definition) is 5. The molecule has 0 spiro atoms. The molecule has 4 rings (SSSR count). The molecule has 0 unspecified atom stereocenters. The Labute approximate surface area is 177 Å². The second kappa shape index (κ2) is 8.73. The molecular weight excluding hydrogens is 378 g/mol. The molecule has 1 amide bonds. The van der Waals surface area contributed by atoms with Gasteiger partial charge in [0.25, 0.3) is 0 Å². The maximum absolute atomic E-state index is 12.6. The lowest BCUT2D eigenvalue weighted by Gasteiger charge is -2.31. The van der Waals surface area contributed by atoms with Gasteiger partial charge in [-0.25, -0.2) is 9.97 Å². The number of amides is 1. The Morgan fingerprint density at radius 1 is 1.13 bits per heavy atom. The van der Waals surface area contributed by atoms with E-state index in [1.165, 1.54) is 0 Å². The minimum absolute atomic E-state index is 0.0535. The number of aromatic nitrogens is 3. The molecule has 2 aromatic heterocycles. The minimum atomic E-state index is 0.0535. The Kier molecular flexibility index (Phi) is 5.88. The van der Waals surface area contributed by atoms with Gasteiger partial charge < -0.3 is 19.5 Å². The van der Waals surface area contributed by atoms with Gasteiger partial charge in [-0.1, -0.05) is 0 Å². The predicted molar refractivity (Wildman–Crippen MR) is 118 cm³/mol. The maximum Gasteiger partial charge on any atom is 0.225 e. The lowest BCUT2D eigenvalue weighted by molar-refractivity contribution is -0.125. The van der Waals surface area contributed by atoms with Gasteiger partial charge in [0, 0.05) is 60.6 Å². The van der Waals surface area contributed by atoms with Crippen molar-refractivity contribution in [2.45, 2.75) is 33.2 Å². The third-order valence-corrected chi connectivity index (χ3v) is 5.75. The van der Waals surface area contributed by atoms with Crippen molar-refractivity contribution in [2.24, 2.45) is 5.92 Å². The van der Waals surface area contributed by atoms with Gasteiger partial charge in [0.1, 0.15) is 5.75 Å². The summed E-state index contributed by atoms with van der Waals surface area (Å²) in [6.07, 6.45) is 3.71. The van der Waals surface area contributed by atoms with E-state index in [-0.39, 0.29) is 11.8 Å². The van der Waals surface area contributed by atoms with Crippen LogP contribution in [0.15, 0.2) is 36.5 Å². The molecule has 1 N–H and O–H groups in total. The third kappa shape index (κ3) is 4.40. The molecule has 3 aromatic rings. The molecule has 1 aromatic carbocycles. The van der Waals surface area contributed by atoms with Crippen molar-refractivity contribution in [1.29, 1.82) is 0 Å². The first kappa shape index (κ1) is 20.2. The van der Waals surface area contributed by atoms with E-state index in [1.807, 2.05) is 32.0 Å². The van der Waals surface area contributed by atoms with E-state index in [0.717, 1.165) is 66.5 Å². The van der Waals surface area contributed by atoms with E-state index in [4.69, 9.17) is 4.74 Å². The number of benzene rings is 1. The lowest BCUT2D eigenvalue weighted by Crippen LogP contribution is -2.41. The number of rotatable bonds is 6. The van der Waals surface area contributed by atoms with Gasteiger partial charge in [-0.05, 0) is 57.0 Å². The van der Waals surface area contributed by atoms with Crippen LogP contribution in [0.25, 0.3) is 10.9 Å². The first-order valence-electron chi connectivity index (χ1n) is 10.5. The van der Waals surface area contributed by atoms with Crippen molar-refractivity contribution in [3.8, 4) is 5.75 Å². The highest BCUT2D eigenvalue weighted by Gasteiger charge is 2.26. The Morgan fingerprint density at radius 2 is 1.87 bits per heavy atom. The summed E-state index contributed by atoms with van der Waals surface area (Å²) in [4.78, 5) is 23.9. The fourth-order valence-electron chi connectivity index (χ4n) is 4.13. The molecule has 1 aliphatic heterocycles. The van der Waals surface area contributed by atoms with Crippen LogP contribution >= 0.6 is 0 Å². The van der Waals surface area contributed by atoms with Gasteiger partial charge >= 0.3 is 0 Å². The zero-order valence-electron chi connectivity index (χ0n) is 17.9. The smallest absolute Gasteiger partial charge is 0.225 e. The maximum atomic E-state index is 12.6. The third-order valence-electron chi connectivity index (χ3n) is 5.75. The summed E-state index contributed by atoms with van der Waals surface area (Å²) in [5, 5.41) is 4.26. The number of carbonyl (C=O) groups is 1. The fraction of sp³-hybridized carbons (Fsp3) is 0.435. The summed E-state index contributed by atoms with van der Waals surface area (Å²) in [6, 6.07) is 10.1. The summed E-state index contributed by atoms with van der Waals surface area (Å²) < 4.78 is 7.44. The standard InChI is InChI=1S/C23H29N5O2/c1-16-14-17(2)26-23(25-16)28-11-6-18(7-12-28)22(29)24-9-13-27-10-8-19-15-20(30-3)4-5-21(19)27/h4-5,8,10,14-15,18H,6-7,9,11-13H2,1-3H3,(H,24,29). The predicted octanol–water partition coefficient (Wildman–Crippen LogP) is 3.09. The van der Waals surface area contributed by atoms with E-state index in [9.17, 15) is 4.79 Å². The molecule has 1 aliphatic rings. The molecule has 0 bridgehead atoms. The molecule has 0 aliphatic carbocycles. The van der Waals surface area contributed by atoms with Crippen LogP contribution in [-0.2, 0) is 11.3 Å². The second-order valence-corrected chi connectivity index (χ2v) is 7.94. The molecular formula is C23H29N5O2. The highest BCUT2D eigenvalue weighted by Crippen LogP contribution is 2.23. The average molecular weight is 408 g/mol. The van der Waals surface area contributed by atoms with Gasteiger partial charge in [0.2, 0.25) is 11.9 Å². The normalized spacial score (nSPS) is 14.8. The molecule has 0 saturated carbocycles. The van der Waals surface area contributed by atoms with Crippen LogP contribution in [0.1, 0.15) is 24.2 Å². The zero-order chi connectivity index (χ0) is 21.1. The van der Waals surface area contributed by atoms with E-state index < -0.39 is 0 Å². The first-order valence-corrected chi connectivity index (χ1v) is 10.5. The van der Waals surface area contributed by atoms with Crippen LogP contribution in [-0.4, -0.2) is 47.2 Å². The number of anilines is 1. The van der Waals surface area contributed by atoms with Crippen molar-refractivity contribution in [3.63, 3.8) is 0 Å². The van der Waals surface area contributed by atoms with Gasteiger partial charge in [0.05, 0.1) is 7.11 Å². The van der Waals surface area contributed by atoms with Gasteiger partial charge in [0.15, 0.2) is 0 Å². The number of hydrogen-bond donors (Lipinski definition) is 1. The number of ether oxygens (including phenoxy) is 1. The quantitative estimate of drug-likeness (QED) is 0.680. The van der Waals surface area contributed by atoms with Crippen molar-refractivity contribution in [2.75, 3.05) is 31.6 Å². The summed E-state index contributed by atoms with van der Waals surface area (Å²) >= 11 is 0. The molecule has 0 atom stereocenters. The summed E-state index contributed by atoms with van der Waals surface area (Å²) in [7, 11) is 1.67. The van der Waals surface area contributed by atoms with Crippen LogP contribution in [0.5, 0.6) is 5.75 Å². The highest BCUT2D eigenvalue weighted by molar-refractivity contribution is 5.82. The number of carbonyl (C=O) groups excluding carboxylic acids is 1. The Balaban J connectivity index is 1.27. The van der Waals surface area contributed by atoms with Crippen LogP contribution in [0, 0.1) is 19.8 Å². The van der Waals surface area contributed by atoms with E-state index in [2.05, 4.69) is 43.1 Å². The molecule has 3 heterocycles. The van der Waals surface area contributed by atoms with E-state index in [1.54, 1.807) is 7.11 Å². The largest absolute Gasteiger partial charge is 0.497 e. The second-order valence-electron chi connectivity index (χ2n) is 7.94. The molecule has 0 radical (unpaired) electrons. The molecule has 7 heteroatoms. The fourth-order valence-corrected chi connectivity index (χ4v) is 4.13. The van der Waals surface area contributed by atoms with Gasteiger partial charge in [-0.15, -0.1) is 0 Å². The van der Waals surface area contributed by atoms with Crippen molar-refractivity contribution in [3.05, 3.63) is 47.9 Å². The minimum Gasteiger partial charge on any atom is -0.497 e. The molecule has 30 heavy (non-hydrogen) atoms.